The van der Waals surface area contributed by atoms with Crippen LogP contribution in [-0.2, 0) is 33.9 Å². The molecule has 10 nitrogen and oxygen atoms in total. The second-order valence-corrected chi connectivity index (χ2v) is 9.23. The highest BCUT2D eigenvalue weighted by Gasteiger charge is 2.27. The maximum atomic E-state index is 12.6. The fourth-order valence-corrected chi connectivity index (χ4v) is 4.14. The van der Waals surface area contributed by atoms with E-state index < -0.39 is 29.1 Å². The lowest BCUT2D eigenvalue weighted by Gasteiger charge is -2.35. The Morgan fingerprint density at radius 1 is 1.17 bits per heavy atom. The number of carbonyl (C=O) groups is 3. The lowest BCUT2D eigenvalue weighted by Crippen LogP contribution is -2.49. The van der Waals surface area contributed by atoms with Crippen LogP contribution in [0.4, 0.5) is 5.69 Å². The van der Waals surface area contributed by atoms with E-state index >= 15 is 0 Å². The van der Waals surface area contributed by atoms with Crippen molar-refractivity contribution in [1.82, 2.24) is 9.21 Å². The quantitative estimate of drug-likeness (QED) is 0.609. The van der Waals surface area contributed by atoms with Crippen LogP contribution in [0.2, 0.25) is 0 Å². The van der Waals surface area contributed by atoms with Crippen molar-refractivity contribution in [3.63, 3.8) is 0 Å². The molecule has 1 aliphatic heterocycles. The standard InChI is InChI=1S/C19H27N3O7S/c1-13-9-22(10-14(2)29-13)18(24)12-28-19(25)11-21(4)30(26,27)17-7-5-16(6-8-17)20-15(3)23/h5-8,13-14H,9-12H2,1-4H3,(H,20,23)/t13-,14+. The Hall–Kier alpha value is -2.50. The molecule has 0 aliphatic carbocycles. The van der Waals surface area contributed by atoms with Gasteiger partial charge in [0, 0.05) is 32.7 Å². The highest BCUT2D eigenvalue weighted by Crippen LogP contribution is 2.17. The monoisotopic (exact) mass is 441 g/mol. The van der Waals surface area contributed by atoms with Gasteiger partial charge in [-0.25, -0.2) is 8.42 Å². The highest BCUT2D eigenvalue weighted by atomic mass is 32.2. The molecule has 30 heavy (non-hydrogen) atoms. The van der Waals surface area contributed by atoms with Crippen LogP contribution in [0.3, 0.4) is 0 Å². The van der Waals surface area contributed by atoms with E-state index in [9.17, 15) is 22.8 Å². The van der Waals surface area contributed by atoms with Gasteiger partial charge in [-0.2, -0.15) is 4.31 Å². The number of benzene rings is 1. The molecule has 1 fully saturated rings. The number of hydrogen-bond acceptors (Lipinski definition) is 7. The van der Waals surface area contributed by atoms with Crippen molar-refractivity contribution in [2.24, 2.45) is 0 Å². The lowest BCUT2D eigenvalue weighted by molar-refractivity contribution is -0.157. The number of carbonyl (C=O) groups excluding carboxylic acids is 3. The second-order valence-electron chi connectivity index (χ2n) is 7.18. The van der Waals surface area contributed by atoms with E-state index in [4.69, 9.17) is 9.47 Å². The minimum atomic E-state index is -3.94. The molecule has 1 heterocycles. The van der Waals surface area contributed by atoms with Crippen LogP contribution in [0.1, 0.15) is 20.8 Å². The molecular formula is C19H27N3O7S. The summed E-state index contributed by atoms with van der Waals surface area (Å²) in [5.74, 6) is -1.47. The molecule has 2 atom stereocenters. The predicted molar refractivity (Wildman–Crippen MR) is 108 cm³/mol. The number of likely N-dealkylation sites (N-methyl/N-ethyl adjacent to an activating group) is 1. The van der Waals surface area contributed by atoms with E-state index in [1.54, 1.807) is 4.90 Å². The Balaban J connectivity index is 1.89. The summed E-state index contributed by atoms with van der Waals surface area (Å²) in [6.07, 6.45) is -0.219. The fraction of sp³-hybridized carbons (Fsp3) is 0.526. The van der Waals surface area contributed by atoms with Gasteiger partial charge in [0.25, 0.3) is 5.91 Å². The second kappa shape index (κ2) is 10.0. The van der Waals surface area contributed by atoms with Gasteiger partial charge in [-0.15, -0.1) is 0 Å². The molecule has 11 heteroatoms. The van der Waals surface area contributed by atoms with Crippen molar-refractivity contribution in [3.05, 3.63) is 24.3 Å². The molecule has 2 amide bonds. The zero-order chi connectivity index (χ0) is 22.5. The number of anilines is 1. The van der Waals surface area contributed by atoms with Crippen LogP contribution < -0.4 is 5.32 Å². The van der Waals surface area contributed by atoms with Crippen LogP contribution in [0.25, 0.3) is 0 Å². The number of morpholine rings is 1. The number of ether oxygens (including phenoxy) is 2. The Kier molecular flexibility index (Phi) is 7.93. The molecule has 0 saturated carbocycles. The van der Waals surface area contributed by atoms with E-state index in [1.165, 1.54) is 38.2 Å². The topological polar surface area (TPSA) is 122 Å². The first-order valence-electron chi connectivity index (χ1n) is 9.42. The third kappa shape index (κ3) is 6.51. The van der Waals surface area contributed by atoms with Gasteiger partial charge in [0.2, 0.25) is 15.9 Å². The number of rotatable bonds is 7. The number of sulfonamides is 1. The van der Waals surface area contributed by atoms with Crippen molar-refractivity contribution < 1.29 is 32.3 Å². The summed E-state index contributed by atoms with van der Waals surface area (Å²) >= 11 is 0. The van der Waals surface area contributed by atoms with Gasteiger partial charge in [-0.05, 0) is 38.1 Å². The Morgan fingerprint density at radius 3 is 2.27 bits per heavy atom. The van der Waals surface area contributed by atoms with E-state index in [1.807, 2.05) is 13.8 Å². The maximum Gasteiger partial charge on any atom is 0.321 e. The summed E-state index contributed by atoms with van der Waals surface area (Å²) in [4.78, 5) is 36.9. The van der Waals surface area contributed by atoms with Crippen molar-refractivity contribution in [3.8, 4) is 0 Å². The Labute approximate surface area is 176 Å². The Morgan fingerprint density at radius 2 is 1.73 bits per heavy atom. The first-order chi connectivity index (χ1) is 14.0. The van der Waals surface area contributed by atoms with Gasteiger partial charge in [-0.1, -0.05) is 0 Å². The van der Waals surface area contributed by atoms with Crippen LogP contribution in [0.5, 0.6) is 0 Å². The summed E-state index contributed by atoms with van der Waals surface area (Å²) in [5, 5.41) is 2.54. The molecular weight excluding hydrogens is 414 g/mol. The number of esters is 1. The van der Waals surface area contributed by atoms with Crippen molar-refractivity contribution in [2.75, 3.05) is 38.6 Å². The molecule has 0 unspecified atom stereocenters. The highest BCUT2D eigenvalue weighted by molar-refractivity contribution is 7.89. The molecule has 1 saturated heterocycles. The summed E-state index contributed by atoms with van der Waals surface area (Å²) < 4.78 is 36.6. The van der Waals surface area contributed by atoms with Crippen LogP contribution >= 0.6 is 0 Å². The van der Waals surface area contributed by atoms with Gasteiger partial charge in [0.15, 0.2) is 6.61 Å². The summed E-state index contributed by atoms with van der Waals surface area (Å²) in [6, 6.07) is 5.55. The molecule has 166 valence electrons. The third-order valence-electron chi connectivity index (χ3n) is 4.36. The van der Waals surface area contributed by atoms with Crippen LogP contribution in [0.15, 0.2) is 29.2 Å². The van der Waals surface area contributed by atoms with Crippen molar-refractivity contribution in [2.45, 2.75) is 37.9 Å². The SMILES string of the molecule is CC(=O)Nc1ccc(S(=O)(=O)N(C)CC(=O)OCC(=O)N2C[C@@H](C)O[C@@H](C)C2)cc1. The van der Waals surface area contributed by atoms with Gasteiger partial charge >= 0.3 is 5.97 Å². The lowest BCUT2D eigenvalue weighted by atomic mass is 10.2. The summed E-state index contributed by atoms with van der Waals surface area (Å²) in [6.45, 7) is 4.85. The molecule has 1 N–H and O–H groups in total. The third-order valence-corrected chi connectivity index (χ3v) is 6.18. The van der Waals surface area contributed by atoms with Crippen LogP contribution in [-0.4, -0.2) is 80.9 Å². The predicted octanol–water partition coefficient (Wildman–Crippen LogP) is 0.445. The normalized spacial score (nSPS) is 19.4. The fourth-order valence-electron chi connectivity index (χ4n) is 3.02. The Bertz CT molecular complexity index is 876. The van der Waals surface area contributed by atoms with Gasteiger partial charge < -0.3 is 19.7 Å². The number of amides is 2. The maximum absolute atomic E-state index is 12.6. The molecule has 0 spiro atoms. The zero-order valence-electron chi connectivity index (χ0n) is 17.5. The van der Waals surface area contributed by atoms with Gasteiger partial charge in [0.1, 0.15) is 6.54 Å². The molecule has 0 radical (unpaired) electrons. The van der Waals surface area contributed by atoms with Crippen molar-refractivity contribution >= 4 is 33.5 Å². The molecule has 1 aromatic rings. The van der Waals surface area contributed by atoms with Gasteiger partial charge in [0.05, 0.1) is 17.1 Å². The van der Waals surface area contributed by atoms with Gasteiger partial charge in [-0.3, -0.25) is 14.4 Å². The van der Waals surface area contributed by atoms with Crippen molar-refractivity contribution in [1.29, 1.82) is 0 Å². The first-order valence-corrected chi connectivity index (χ1v) is 10.9. The number of nitrogens with zero attached hydrogens (tertiary/aromatic N) is 2. The molecule has 1 aliphatic rings. The summed E-state index contributed by atoms with van der Waals surface area (Å²) in [5.41, 5.74) is 0.453. The average Bonchev–Trinajstić information content (AvgIpc) is 2.65. The molecule has 2 rings (SSSR count). The first kappa shape index (κ1) is 23.8. The van der Waals surface area contributed by atoms with E-state index in [-0.39, 0.29) is 28.9 Å². The molecule has 0 aromatic heterocycles. The molecule has 0 bridgehead atoms. The smallest absolute Gasteiger partial charge is 0.321 e. The van der Waals surface area contributed by atoms with E-state index in [0.29, 0.717) is 18.8 Å². The minimum Gasteiger partial charge on any atom is -0.455 e. The summed E-state index contributed by atoms with van der Waals surface area (Å²) in [7, 11) is -2.70. The van der Waals surface area contributed by atoms with E-state index in [2.05, 4.69) is 5.32 Å². The van der Waals surface area contributed by atoms with E-state index in [0.717, 1.165) is 4.31 Å². The average molecular weight is 442 g/mol. The van der Waals surface area contributed by atoms with Crippen LogP contribution in [0, 0.1) is 0 Å². The zero-order valence-corrected chi connectivity index (χ0v) is 18.3. The number of nitrogens with one attached hydrogen (secondary N) is 1. The minimum absolute atomic E-state index is 0.0423. The number of hydrogen-bond donors (Lipinski definition) is 1. The largest absolute Gasteiger partial charge is 0.455 e. The molecule has 1 aromatic carbocycles.